The number of fused-ring (bicyclic) bond motifs is 13. The number of rotatable bonds is 5. The minimum absolute atomic E-state index is 0.0377. The van der Waals surface area contributed by atoms with E-state index in [2.05, 4.69) is 100 Å². The summed E-state index contributed by atoms with van der Waals surface area (Å²) >= 11 is 1.70. The number of hydrogen-bond donors (Lipinski definition) is 0. The molecular formula is C59H34N6OS. The molecule has 0 atom stereocenters. The third kappa shape index (κ3) is 5.65. The number of benzene rings is 9. The Morgan fingerprint density at radius 1 is 0.537 bits per heavy atom. The predicted octanol–water partition coefficient (Wildman–Crippen LogP) is 15.5. The van der Waals surface area contributed by atoms with E-state index in [0.29, 0.717) is 28.2 Å². The van der Waals surface area contributed by atoms with E-state index in [1.54, 1.807) is 24.3 Å². The summed E-state index contributed by atoms with van der Waals surface area (Å²) in [5, 5.41) is 19.6. The highest BCUT2D eigenvalue weighted by Gasteiger charge is 2.23. The molecule has 9 aromatic carbocycles. The van der Waals surface area contributed by atoms with Crippen LogP contribution in [0.4, 0.5) is 0 Å². The summed E-state index contributed by atoms with van der Waals surface area (Å²) in [5.74, 6) is 0.580. The molecule has 0 aliphatic heterocycles. The van der Waals surface area contributed by atoms with Gasteiger partial charge in [0.05, 0.1) is 38.8 Å². The molecule has 7 nitrogen and oxygen atoms in total. The van der Waals surface area contributed by atoms with Crippen molar-refractivity contribution in [3.63, 3.8) is 0 Å². The first kappa shape index (κ1) is 33.6. The minimum atomic E-state index is -0.310. The molecule has 0 amide bonds. The lowest BCUT2D eigenvalue weighted by Crippen LogP contribution is -2.02. The summed E-state index contributed by atoms with van der Waals surface area (Å²) in [6.07, 6.45) is 0. The lowest BCUT2D eigenvalue weighted by Gasteiger charge is -2.13. The second-order valence-corrected chi connectivity index (χ2v) is 17.9. The zero-order valence-electron chi connectivity index (χ0n) is 39.6. The zero-order chi connectivity index (χ0) is 47.8. The normalized spacial score (nSPS) is 12.8. The van der Waals surface area contributed by atoms with E-state index < -0.39 is 0 Å². The zero-order valence-corrected chi connectivity index (χ0v) is 36.4. The smallest absolute Gasteiger partial charge is 0.164 e. The molecule has 8 heteroatoms. The summed E-state index contributed by atoms with van der Waals surface area (Å²) in [6, 6.07) is 57.1. The van der Waals surface area contributed by atoms with E-state index in [0.717, 1.165) is 91.4 Å². The van der Waals surface area contributed by atoms with Crippen molar-refractivity contribution in [2.75, 3.05) is 0 Å². The van der Waals surface area contributed by atoms with Crippen molar-refractivity contribution in [3.8, 4) is 51.6 Å². The van der Waals surface area contributed by atoms with Crippen LogP contribution in [0.25, 0.3) is 131 Å². The first-order chi connectivity index (χ1) is 34.7. The van der Waals surface area contributed by atoms with Crippen LogP contribution >= 0.6 is 11.3 Å². The average Bonchev–Trinajstić information content (AvgIpc) is 4.17. The lowest BCUT2D eigenvalue weighted by atomic mass is 10.1. The van der Waals surface area contributed by atoms with Crippen LogP contribution in [0.2, 0.25) is 0 Å². The Morgan fingerprint density at radius 3 is 2.04 bits per heavy atom. The molecule has 0 fully saturated rings. The molecule has 0 saturated carbocycles. The highest BCUT2D eigenvalue weighted by atomic mass is 32.1. The van der Waals surface area contributed by atoms with Gasteiger partial charge < -0.3 is 13.6 Å². The third-order valence-corrected chi connectivity index (χ3v) is 14.1. The SMILES string of the molecule is [2H]c1c([2H])c(C)c([2H])c(-c2nc(-c3ccc(-n4c5ccccc5c5ccc6c(c7ccccc7n6-c6ccc7oc8ccccc8c7c6)c54)c(C#N)c3)nc(-c3ccc4sc5ccccc5c4c3)n2)c1[2H]. The Bertz CT molecular complexity index is 4660. The van der Waals surface area contributed by atoms with Crippen molar-refractivity contribution in [2.24, 2.45) is 0 Å². The second kappa shape index (κ2) is 14.3. The van der Waals surface area contributed by atoms with Gasteiger partial charge in [0, 0.05) is 74.9 Å². The molecule has 67 heavy (non-hydrogen) atoms. The van der Waals surface area contributed by atoms with Crippen LogP contribution in [0.5, 0.6) is 0 Å². The third-order valence-electron chi connectivity index (χ3n) is 12.9. The van der Waals surface area contributed by atoms with Gasteiger partial charge in [-0.2, -0.15) is 5.26 Å². The van der Waals surface area contributed by atoms with Crippen LogP contribution in [-0.4, -0.2) is 24.1 Å². The Balaban J connectivity index is 0.996. The number of furan rings is 1. The Labute approximate surface area is 392 Å². The van der Waals surface area contributed by atoms with Crippen molar-refractivity contribution in [3.05, 3.63) is 199 Å². The van der Waals surface area contributed by atoms with Gasteiger partial charge >= 0.3 is 0 Å². The van der Waals surface area contributed by atoms with Crippen LogP contribution < -0.4 is 0 Å². The highest BCUT2D eigenvalue weighted by molar-refractivity contribution is 7.25. The van der Waals surface area contributed by atoms with Gasteiger partial charge in [0.15, 0.2) is 17.5 Å². The number of para-hydroxylation sites is 3. The summed E-state index contributed by atoms with van der Waals surface area (Å²) in [7, 11) is 0. The van der Waals surface area contributed by atoms with Gasteiger partial charge in [-0.25, -0.2) is 15.0 Å². The molecule has 312 valence electrons. The van der Waals surface area contributed by atoms with E-state index in [-0.39, 0.29) is 46.9 Å². The van der Waals surface area contributed by atoms with Gasteiger partial charge in [-0.1, -0.05) is 103 Å². The molecule has 0 unspecified atom stereocenters. The molecule has 0 saturated heterocycles. The number of nitrogens with zero attached hydrogens (tertiary/aromatic N) is 6. The molecule has 14 aromatic rings. The Kier molecular flexibility index (Phi) is 7.17. The number of aromatic nitrogens is 5. The molecule has 0 spiro atoms. The first-order valence-corrected chi connectivity index (χ1v) is 22.7. The fourth-order valence-corrected chi connectivity index (χ4v) is 11.1. The van der Waals surface area contributed by atoms with Crippen molar-refractivity contribution in [1.29, 1.82) is 5.26 Å². The molecule has 0 aliphatic rings. The largest absolute Gasteiger partial charge is 0.456 e. The predicted molar refractivity (Wildman–Crippen MR) is 274 cm³/mol. The van der Waals surface area contributed by atoms with Gasteiger partial charge in [0.25, 0.3) is 0 Å². The summed E-state index contributed by atoms with van der Waals surface area (Å²) in [5.41, 5.74) is 9.19. The van der Waals surface area contributed by atoms with Crippen molar-refractivity contribution in [1.82, 2.24) is 24.1 Å². The van der Waals surface area contributed by atoms with Crippen molar-refractivity contribution in [2.45, 2.75) is 6.92 Å². The number of hydrogen-bond acceptors (Lipinski definition) is 6. The fraction of sp³-hybridized carbons (Fsp3) is 0.0169. The van der Waals surface area contributed by atoms with Crippen LogP contribution in [0, 0.1) is 18.3 Å². The van der Waals surface area contributed by atoms with Crippen LogP contribution in [-0.2, 0) is 0 Å². The maximum Gasteiger partial charge on any atom is 0.164 e. The van der Waals surface area contributed by atoms with E-state index >= 15 is 0 Å². The molecule has 0 radical (unpaired) electrons. The monoisotopic (exact) mass is 878 g/mol. The average molecular weight is 879 g/mol. The van der Waals surface area contributed by atoms with E-state index in [4.69, 9.17) is 24.9 Å². The second-order valence-electron chi connectivity index (χ2n) is 16.8. The lowest BCUT2D eigenvalue weighted by molar-refractivity contribution is 0.669. The first-order valence-electron chi connectivity index (χ1n) is 23.9. The molecule has 5 aromatic heterocycles. The van der Waals surface area contributed by atoms with Gasteiger partial charge in [-0.05, 0) is 97.9 Å². The van der Waals surface area contributed by atoms with Gasteiger partial charge in [0.1, 0.15) is 17.2 Å². The molecular weight excluding hydrogens is 841 g/mol. The van der Waals surface area contributed by atoms with Gasteiger partial charge in [-0.15, -0.1) is 11.3 Å². The van der Waals surface area contributed by atoms with E-state index in [1.807, 2.05) is 72.8 Å². The topological polar surface area (TPSA) is 85.5 Å². The Hall–Kier alpha value is -8.90. The standard InChI is InChI=1S/C59H34N6OS/c1-34-11-10-12-35(29-34)57-61-58(63-59(62-57)37-22-28-54-46(31-37)42-15-5-9-20-53(42)67-54)36-21-25-47(38(30-36)33-60)65-48-17-6-2-13-40(48)43-24-26-50-55(56(43)65)44-16-3-7-18-49(44)64(50)39-23-27-52-45(32-39)41-14-4-8-19-51(41)66-52/h2-32H,1H3/i10D,11D,12D,29D. The molecule has 0 N–H and O–H groups in total. The van der Waals surface area contributed by atoms with Crippen molar-refractivity contribution >= 4 is 97.1 Å². The summed E-state index contributed by atoms with van der Waals surface area (Å²) < 4.78 is 48.1. The molecule has 14 rings (SSSR count). The number of nitriles is 1. The van der Waals surface area contributed by atoms with Crippen LogP contribution in [0.3, 0.4) is 0 Å². The van der Waals surface area contributed by atoms with Crippen LogP contribution in [0.15, 0.2) is 192 Å². The van der Waals surface area contributed by atoms with Crippen molar-refractivity contribution < 1.29 is 9.90 Å². The maximum absolute atomic E-state index is 11.2. The number of thiophene rings is 1. The van der Waals surface area contributed by atoms with Gasteiger partial charge in [-0.3, -0.25) is 0 Å². The summed E-state index contributed by atoms with van der Waals surface area (Å²) in [6.45, 7) is 1.60. The quantitative estimate of drug-likeness (QED) is 0.172. The van der Waals surface area contributed by atoms with E-state index in [1.165, 1.54) is 0 Å². The summed E-state index contributed by atoms with van der Waals surface area (Å²) in [4.78, 5) is 14.9. The highest BCUT2D eigenvalue weighted by Crippen LogP contribution is 2.44. The Morgan fingerprint density at radius 2 is 1.21 bits per heavy atom. The van der Waals surface area contributed by atoms with Crippen LogP contribution in [0.1, 0.15) is 16.6 Å². The van der Waals surface area contributed by atoms with E-state index in [9.17, 15) is 5.26 Å². The fourth-order valence-electron chi connectivity index (χ4n) is 10.0. The minimum Gasteiger partial charge on any atom is -0.456 e. The maximum atomic E-state index is 11.2. The van der Waals surface area contributed by atoms with Gasteiger partial charge in [0.2, 0.25) is 0 Å². The molecule has 0 bridgehead atoms. The molecule has 5 heterocycles. The molecule has 0 aliphatic carbocycles.